The Balaban J connectivity index is 2.45. The fourth-order valence-corrected chi connectivity index (χ4v) is 2.02. The van der Waals surface area contributed by atoms with E-state index >= 15 is 0 Å². The minimum Gasteiger partial charge on any atom is -0.490 e. The SMILES string of the molecule is COc1cc(Cl)cc(C(=O)Nc2ccccc2)c1[N+](=O)[O-]. The van der Waals surface area contributed by atoms with Gasteiger partial charge in [0.1, 0.15) is 5.56 Å². The van der Waals surface area contributed by atoms with Gasteiger partial charge in [-0.15, -0.1) is 0 Å². The van der Waals surface area contributed by atoms with Crippen molar-refractivity contribution >= 4 is 28.9 Å². The molecule has 6 nitrogen and oxygen atoms in total. The van der Waals surface area contributed by atoms with E-state index in [9.17, 15) is 14.9 Å². The average Bonchev–Trinajstić information content (AvgIpc) is 2.46. The molecule has 0 aromatic heterocycles. The summed E-state index contributed by atoms with van der Waals surface area (Å²) >= 11 is 5.87. The summed E-state index contributed by atoms with van der Waals surface area (Å²) in [5, 5.41) is 13.9. The van der Waals surface area contributed by atoms with Crippen LogP contribution in [0.5, 0.6) is 5.75 Å². The first-order valence-electron chi connectivity index (χ1n) is 5.91. The molecular formula is C14H11ClN2O4. The molecule has 108 valence electrons. The molecule has 0 radical (unpaired) electrons. The van der Waals surface area contributed by atoms with Gasteiger partial charge in [-0.2, -0.15) is 0 Å². The Morgan fingerprint density at radius 3 is 2.52 bits per heavy atom. The number of halogens is 1. The third kappa shape index (κ3) is 3.29. The molecule has 0 aliphatic heterocycles. The normalized spacial score (nSPS) is 10.0. The lowest BCUT2D eigenvalue weighted by atomic mass is 10.1. The number of nitro groups is 1. The number of nitrogens with zero attached hydrogens (tertiary/aromatic N) is 1. The summed E-state index contributed by atoms with van der Waals surface area (Å²) in [4.78, 5) is 22.7. The quantitative estimate of drug-likeness (QED) is 0.692. The Morgan fingerprint density at radius 1 is 1.29 bits per heavy atom. The zero-order chi connectivity index (χ0) is 15.4. The minimum absolute atomic E-state index is 0.0642. The van der Waals surface area contributed by atoms with Crippen LogP contribution in [-0.2, 0) is 0 Å². The standard InChI is InChI=1S/C14H11ClN2O4/c1-21-12-8-9(15)7-11(13(12)17(19)20)14(18)16-10-5-3-2-4-6-10/h2-8H,1H3,(H,16,18). The number of anilines is 1. The van der Waals surface area contributed by atoms with Gasteiger partial charge < -0.3 is 10.1 Å². The van der Waals surface area contributed by atoms with Crippen LogP contribution in [0.15, 0.2) is 42.5 Å². The van der Waals surface area contributed by atoms with E-state index in [2.05, 4.69) is 5.32 Å². The van der Waals surface area contributed by atoms with Crippen LogP contribution in [0.4, 0.5) is 11.4 Å². The topological polar surface area (TPSA) is 81.5 Å². The second-order valence-corrected chi connectivity index (χ2v) is 4.52. The number of rotatable bonds is 4. The van der Waals surface area contributed by atoms with E-state index in [1.165, 1.54) is 19.2 Å². The molecule has 0 spiro atoms. The van der Waals surface area contributed by atoms with Crippen molar-refractivity contribution in [2.45, 2.75) is 0 Å². The van der Waals surface area contributed by atoms with Crippen LogP contribution in [0.3, 0.4) is 0 Å². The number of para-hydroxylation sites is 1. The highest BCUT2D eigenvalue weighted by atomic mass is 35.5. The summed E-state index contributed by atoms with van der Waals surface area (Å²) in [6.07, 6.45) is 0. The van der Waals surface area contributed by atoms with Crippen molar-refractivity contribution in [1.29, 1.82) is 0 Å². The van der Waals surface area contributed by atoms with Crippen LogP contribution in [0.1, 0.15) is 10.4 Å². The minimum atomic E-state index is -0.672. The van der Waals surface area contributed by atoms with Crippen LogP contribution in [0.25, 0.3) is 0 Å². The Hall–Kier alpha value is -2.60. The van der Waals surface area contributed by atoms with E-state index in [4.69, 9.17) is 16.3 Å². The van der Waals surface area contributed by atoms with Crippen LogP contribution >= 0.6 is 11.6 Å². The lowest BCUT2D eigenvalue weighted by Crippen LogP contribution is -2.14. The van der Waals surface area contributed by atoms with Crippen LogP contribution < -0.4 is 10.1 Å². The average molecular weight is 307 g/mol. The lowest BCUT2D eigenvalue weighted by Gasteiger charge is -2.09. The summed E-state index contributed by atoms with van der Waals surface area (Å²) in [7, 11) is 1.28. The highest BCUT2D eigenvalue weighted by Gasteiger charge is 2.26. The van der Waals surface area contributed by atoms with Crippen molar-refractivity contribution in [3.05, 3.63) is 63.2 Å². The second kappa shape index (κ2) is 6.23. The molecule has 0 heterocycles. The fourth-order valence-electron chi connectivity index (χ4n) is 1.81. The number of carbonyl (C=O) groups excluding carboxylic acids is 1. The van der Waals surface area contributed by atoms with E-state index in [1.807, 2.05) is 0 Å². The number of methoxy groups -OCH3 is 1. The van der Waals surface area contributed by atoms with E-state index in [0.29, 0.717) is 5.69 Å². The smallest absolute Gasteiger partial charge is 0.323 e. The summed E-state index contributed by atoms with van der Waals surface area (Å²) < 4.78 is 4.92. The zero-order valence-electron chi connectivity index (χ0n) is 11.0. The van der Waals surface area contributed by atoms with Crippen molar-refractivity contribution in [2.75, 3.05) is 12.4 Å². The molecule has 0 fully saturated rings. The number of carbonyl (C=O) groups is 1. The van der Waals surface area contributed by atoms with Gasteiger partial charge in [-0.1, -0.05) is 29.8 Å². The van der Waals surface area contributed by atoms with Gasteiger partial charge in [0, 0.05) is 16.8 Å². The molecule has 0 saturated heterocycles. The first-order valence-corrected chi connectivity index (χ1v) is 6.29. The molecular weight excluding hydrogens is 296 g/mol. The summed E-state index contributed by atoms with van der Waals surface area (Å²) in [6, 6.07) is 11.1. The molecule has 0 aliphatic rings. The van der Waals surface area contributed by atoms with Crippen molar-refractivity contribution in [3.8, 4) is 5.75 Å². The predicted octanol–water partition coefficient (Wildman–Crippen LogP) is 3.51. The van der Waals surface area contributed by atoms with Gasteiger partial charge in [0.05, 0.1) is 12.0 Å². The molecule has 0 atom stereocenters. The molecule has 0 aliphatic carbocycles. The number of hydrogen-bond donors (Lipinski definition) is 1. The molecule has 1 N–H and O–H groups in total. The molecule has 2 rings (SSSR count). The Bertz CT molecular complexity index is 689. The maximum absolute atomic E-state index is 12.2. The van der Waals surface area contributed by atoms with Crippen molar-refractivity contribution in [1.82, 2.24) is 0 Å². The van der Waals surface area contributed by atoms with Gasteiger partial charge in [-0.25, -0.2) is 0 Å². The molecule has 0 bridgehead atoms. The zero-order valence-corrected chi connectivity index (χ0v) is 11.8. The second-order valence-electron chi connectivity index (χ2n) is 4.08. The summed E-state index contributed by atoms with van der Waals surface area (Å²) in [5.41, 5.74) is -0.0562. The van der Waals surface area contributed by atoms with Crippen molar-refractivity contribution in [3.63, 3.8) is 0 Å². The van der Waals surface area contributed by atoms with Gasteiger partial charge >= 0.3 is 5.69 Å². The van der Waals surface area contributed by atoms with Gasteiger partial charge in [0.25, 0.3) is 5.91 Å². The van der Waals surface area contributed by atoms with Gasteiger partial charge in [0.15, 0.2) is 5.75 Å². The highest BCUT2D eigenvalue weighted by molar-refractivity contribution is 6.31. The number of ether oxygens (including phenoxy) is 1. The highest BCUT2D eigenvalue weighted by Crippen LogP contribution is 2.34. The Morgan fingerprint density at radius 2 is 1.95 bits per heavy atom. The largest absolute Gasteiger partial charge is 0.490 e. The van der Waals surface area contributed by atoms with Gasteiger partial charge in [-0.05, 0) is 18.2 Å². The number of benzene rings is 2. The first-order chi connectivity index (χ1) is 10.0. The van der Waals surface area contributed by atoms with Crippen molar-refractivity contribution in [2.24, 2.45) is 0 Å². The van der Waals surface area contributed by atoms with E-state index in [-0.39, 0.29) is 16.3 Å². The van der Waals surface area contributed by atoms with Crippen LogP contribution in [-0.4, -0.2) is 17.9 Å². The van der Waals surface area contributed by atoms with Crippen LogP contribution in [0, 0.1) is 10.1 Å². The number of amides is 1. The summed E-state index contributed by atoms with van der Waals surface area (Å²) in [6.45, 7) is 0. The van der Waals surface area contributed by atoms with E-state index in [0.717, 1.165) is 0 Å². The van der Waals surface area contributed by atoms with E-state index < -0.39 is 16.5 Å². The molecule has 2 aromatic rings. The third-order valence-corrected chi connectivity index (χ3v) is 2.94. The molecule has 0 unspecified atom stereocenters. The number of nitrogens with one attached hydrogen (secondary N) is 1. The molecule has 1 amide bonds. The fraction of sp³-hybridized carbons (Fsp3) is 0.0714. The number of hydrogen-bond acceptors (Lipinski definition) is 4. The Labute approximate surface area is 125 Å². The van der Waals surface area contributed by atoms with Gasteiger partial charge in [-0.3, -0.25) is 14.9 Å². The molecule has 2 aromatic carbocycles. The predicted molar refractivity (Wildman–Crippen MR) is 79.1 cm³/mol. The molecule has 7 heteroatoms. The van der Waals surface area contributed by atoms with Crippen LogP contribution in [0.2, 0.25) is 5.02 Å². The monoisotopic (exact) mass is 306 g/mol. The Kier molecular flexibility index (Phi) is 4.39. The molecule has 21 heavy (non-hydrogen) atoms. The van der Waals surface area contributed by atoms with Crippen molar-refractivity contribution < 1.29 is 14.5 Å². The maximum Gasteiger partial charge on any atom is 0.323 e. The van der Waals surface area contributed by atoms with Gasteiger partial charge in [0.2, 0.25) is 0 Å². The maximum atomic E-state index is 12.2. The third-order valence-electron chi connectivity index (χ3n) is 2.72. The lowest BCUT2D eigenvalue weighted by molar-refractivity contribution is -0.386. The molecule has 0 saturated carbocycles. The first kappa shape index (κ1) is 14.8. The number of nitro benzene ring substituents is 1. The van der Waals surface area contributed by atoms with E-state index in [1.54, 1.807) is 30.3 Å². The summed E-state index contributed by atoms with van der Waals surface area (Å²) in [5.74, 6) is -0.695.